The minimum Gasteiger partial charge on any atom is -0.394 e. The maximum absolute atomic E-state index is 12.4. The topological polar surface area (TPSA) is 102 Å². The predicted octanol–water partition coefficient (Wildman–Crippen LogP) is 1.99. The first-order valence-corrected chi connectivity index (χ1v) is 10.6. The summed E-state index contributed by atoms with van der Waals surface area (Å²) in [5.41, 5.74) is 2.50. The van der Waals surface area contributed by atoms with Gasteiger partial charge in [0.2, 0.25) is 0 Å². The van der Waals surface area contributed by atoms with Gasteiger partial charge >= 0.3 is 0 Å². The van der Waals surface area contributed by atoms with Gasteiger partial charge in [-0.3, -0.25) is 14.5 Å². The maximum Gasteiger partial charge on any atom is 0.270 e. The molecule has 0 spiro atoms. The minimum absolute atomic E-state index is 0.00178. The number of amides is 1. The molecule has 8 nitrogen and oxygen atoms in total. The Labute approximate surface area is 181 Å². The van der Waals surface area contributed by atoms with Crippen molar-refractivity contribution < 1.29 is 14.6 Å². The van der Waals surface area contributed by atoms with Crippen molar-refractivity contribution in [3.05, 3.63) is 77.9 Å². The van der Waals surface area contributed by atoms with Gasteiger partial charge in [-0.1, -0.05) is 41.6 Å². The Morgan fingerprint density at radius 1 is 1.16 bits per heavy atom. The van der Waals surface area contributed by atoms with Crippen LogP contribution in [0, 0.1) is 0 Å². The van der Waals surface area contributed by atoms with Crippen LogP contribution in [-0.4, -0.2) is 55.8 Å². The van der Waals surface area contributed by atoms with Gasteiger partial charge in [-0.15, -0.1) is 5.10 Å². The molecule has 1 fully saturated rings. The van der Waals surface area contributed by atoms with Crippen LogP contribution >= 0.6 is 0 Å². The van der Waals surface area contributed by atoms with Crippen molar-refractivity contribution in [3.8, 4) is 0 Å². The van der Waals surface area contributed by atoms with E-state index in [-0.39, 0.29) is 24.7 Å². The molecule has 1 aliphatic rings. The van der Waals surface area contributed by atoms with Crippen LogP contribution in [-0.2, 0) is 17.7 Å². The zero-order chi connectivity index (χ0) is 21.5. The molecule has 0 bridgehead atoms. The molecule has 31 heavy (non-hydrogen) atoms. The van der Waals surface area contributed by atoms with E-state index in [4.69, 9.17) is 4.74 Å². The molecule has 0 aliphatic carbocycles. The number of nitrogens with zero attached hydrogens (tertiary/aromatic N) is 4. The number of aliphatic hydroxyl groups excluding tert-OH is 1. The summed E-state index contributed by atoms with van der Waals surface area (Å²) in [7, 11) is 0. The summed E-state index contributed by atoms with van der Waals surface area (Å²) >= 11 is 0. The number of nitrogens with one attached hydrogen (secondary N) is 1. The van der Waals surface area contributed by atoms with Crippen LogP contribution < -0.4 is 5.32 Å². The number of benzene rings is 1. The summed E-state index contributed by atoms with van der Waals surface area (Å²) in [6.45, 7) is 0.545. The molecular formula is C23H27N5O3. The number of aliphatic hydroxyl groups is 1. The number of carbonyl (C=O) groups is 1. The number of pyridine rings is 1. The fourth-order valence-electron chi connectivity index (χ4n) is 3.86. The number of aromatic nitrogens is 4. The number of hydrogen-bond donors (Lipinski definition) is 2. The third-order valence-electron chi connectivity index (χ3n) is 5.50. The monoisotopic (exact) mass is 421 g/mol. The third kappa shape index (κ3) is 5.74. The van der Waals surface area contributed by atoms with Gasteiger partial charge in [0, 0.05) is 25.4 Å². The lowest BCUT2D eigenvalue weighted by Gasteiger charge is -2.36. The van der Waals surface area contributed by atoms with Crippen molar-refractivity contribution in [3.63, 3.8) is 0 Å². The predicted molar refractivity (Wildman–Crippen MR) is 114 cm³/mol. The lowest BCUT2D eigenvalue weighted by molar-refractivity contribution is -0.0912. The normalized spacial score (nSPS) is 21.0. The highest BCUT2D eigenvalue weighted by atomic mass is 16.5. The van der Waals surface area contributed by atoms with E-state index >= 15 is 0 Å². The Morgan fingerprint density at radius 2 is 2.00 bits per heavy atom. The molecule has 8 heteroatoms. The average Bonchev–Trinajstić information content (AvgIpc) is 3.26. The Bertz CT molecular complexity index is 964. The second-order valence-electron chi connectivity index (χ2n) is 7.78. The molecule has 0 radical (unpaired) electrons. The zero-order valence-electron chi connectivity index (χ0n) is 17.3. The van der Waals surface area contributed by atoms with Crippen molar-refractivity contribution in [1.29, 1.82) is 0 Å². The Kier molecular flexibility index (Phi) is 7.01. The maximum atomic E-state index is 12.4. The summed E-state index contributed by atoms with van der Waals surface area (Å²) in [5.74, 6) is -0.250. The van der Waals surface area contributed by atoms with E-state index in [1.54, 1.807) is 24.4 Å². The van der Waals surface area contributed by atoms with Crippen LogP contribution in [0.25, 0.3) is 0 Å². The van der Waals surface area contributed by atoms with E-state index in [9.17, 15) is 9.90 Å². The first-order chi connectivity index (χ1) is 15.2. The van der Waals surface area contributed by atoms with Crippen LogP contribution in [0.15, 0.2) is 60.9 Å². The highest BCUT2D eigenvalue weighted by Gasteiger charge is 2.32. The van der Waals surface area contributed by atoms with E-state index in [2.05, 4.69) is 32.7 Å². The molecular weight excluding hydrogens is 394 g/mol. The molecule has 1 saturated heterocycles. The van der Waals surface area contributed by atoms with Crippen LogP contribution in [0.3, 0.4) is 0 Å². The minimum atomic E-state index is -0.434. The van der Waals surface area contributed by atoms with Crippen LogP contribution in [0.1, 0.15) is 41.0 Å². The number of carbonyl (C=O) groups excluding carboxylic acids is 1. The molecule has 3 heterocycles. The largest absolute Gasteiger partial charge is 0.394 e. The van der Waals surface area contributed by atoms with Gasteiger partial charge in [0.15, 0.2) is 0 Å². The number of ether oxygens (including phenoxy) is 1. The van der Waals surface area contributed by atoms with E-state index in [1.165, 1.54) is 5.56 Å². The molecule has 0 unspecified atom stereocenters. The number of rotatable bonds is 8. The van der Waals surface area contributed by atoms with Crippen LogP contribution in [0.4, 0.5) is 0 Å². The van der Waals surface area contributed by atoms with Crippen molar-refractivity contribution in [2.24, 2.45) is 0 Å². The highest BCUT2D eigenvalue weighted by molar-refractivity contribution is 5.92. The van der Waals surface area contributed by atoms with Crippen molar-refractivity contribution in [2.75, 3.05) is 6.61 Å². The molecule has 1 amide bonds. The van der Waals surface area contributed by atoms with Crippen LogP contribution in [0.2, 0.25) is 0 Å². The summed E-state index contributed by atoms with van der Waals surface area (Å²) in [6.07, 6.45) is 6.19. The summed E-state index contributed by atoms with van der Waals surface area (Å²) < 4.78 is 7.90. The number of aryl methyl sites for hydroxylation is 1. The summed E-state index contributed by atoms with van der Waals surface area (Å²) in [5, 5.41) is 21.2. The molecule has 3 atom stereocenters. The molecule has 3 aromatic rings. The smallest absolute Gasteiger partial charge is 0.270 e. The fraction of sp³-hybridized carbons (Fsp3) is 0.391. The molecule has 1 aromatic carbocycles. The van der Waals surface area contributed by atoms with Crippen molar-refractivity contribution in [1.82, 2.24) is 25.3 Å². The van der Waals surface area contributed by atoms with Gasteiger partial charge in [0.25, 0.3) is 5.91 Å². The van der Waals surface area contributed by atoms with Gasteiger partial charge in [0.05, 0.1) is 24.4 Å². The standard InChI is InChI=1S/C23H27N5O3/c29-16-22-20(25-23(30)21-8-4-5-12-24-21)10-9-19(31-22)11-13-28-15-18(26-27-28)14-17-6-2-1-3-7-17/h1-8,12,15,19-20,22,29H,9-11,13-14,16H2,(H,25,30)/t19-,20-,22+/m1/s1. The molecule has 1 aliphatic heterocycles. The first-order valence-electron chi connectivity index (χ1n) is 10.6. The summed E-state index contributed by atoms with van der Waals surface area (Å²) in [4.78, 5) is 16.4. The Balaban J connectivity index is 1.26. The van der Waals surface area contributed by atoms with Crippen molar-refractivity contribution >= 4 is 5.91 Å². The molecule has 2 N–H and O–H groups in total. The van der Waals surface area contributed by atoms with E-state index in [1.807, 2.05) is 29.1 Å². The average molecular weight is 422 g/mol. The summed E-state index contributed by atoms with van der Waals surface area (Å²) in [6, 6.07) is 15.2. The first kappa shape index (κ1) is 21.1. The fourth-order valence-corrected chi connectivity index (χ4v) is 3.86. The second-order valence-corrected chi connectivity index (χ2v) is 7.78. The quantitative estimate of drug-likeness (QED) is 0.577. The Hall–Kier alpha value is -3.10. The van der Waals surface area contributed by atoms with E-state index in [0.29, 0.717) is 12.2 Å². The Morgan fingerprint density at radius 3 is 2.77 bits per heavy atom. The van der Waals surface area contributed by atoms with Gasteiger partial charge in [0.1, 0.15) is 11.8 Å². The third-order valence-corrected chi connectivity index (χ3v) is 5.50. The van der Waals surface area contributed by atoms with E-state index < -0.39 is 6.10 Å². The zero-order valence-corrected chi connectivity index (χ0v) is 17.3. The van der Waals surface area contributed by atoms with Gasteiger partial charge in [-0.2, -0.15) is 0 Å². The lowest BCUT2D eigenvalue weighted by atomic mass is 9.97. The highest BCUT2D eigenvalue weighted by Crippen LogP contribution is 2.22. The van der Waals surface area contributed by atoms with Crippen molar-refractivity contribution in [2.45, 2.75) is 50.5 Å². The SMILES string of the molecule is O=C(N[C@@H]1CC[C@H](CCn2cc(Cc3ccccc3)nn2)O[C@H]1CO)c1ccccn1. The van der Waals surface area contributed by atoms with Gasteiger partial charge in [-0.05, 0) is 37.0 Å². The molecule has 2 aromatic heterocycles. The lowest BCUT2D eigenvalue weighted by Crippen LogP contribution is -2.51. The molecule has 162 valence electrons. The van der Waals surface area contributed by atoms with E-state index in [0.717, 1.165) is 31.4 Å². The second kappa shape index (κ2) is 10.3. The van der Waals surface area contributed by atoms with Gasteiger partial charge < -0.3 is 15.2 Å². The molecule has 0 saturated carbocycles. The van der Waals surface area contributed by atoms with Gasteiger partial charge in [-0.25, -0.2) is 0 Å². The van der Waals surface area contributed by atoms with Crippen LogP contribution in [0.5, 0.6) is 0 Å². The number of hydrogen-bond acceptors (Lipinski definition) is 6. The molecule has 4 rings (SSSR count).